The molecule has 0 atom stereocenters. The maximum absolute atomic E-state index is 11.8. The van der Waals surface area contributed by atoms with Crippen LogP contribution in [0.4, 0.5) is 5.69 Å². The molecule has 0 unspecified atom stereocenters. The molecule has 0 aliphatic heterocycles. The predicted molar refractivity (Wildman–Crippen MR) is 90.7 cm³/mol. The van der Waals surface area contributed by atoms with Crippen LogP contribution in [-0.2, 0) is 9.59 Å². The fourth-order valence-corrected chi connectivity index (χ4v) is 2.66. The Labute approximate surface area is 138 Å². The van der Waals surface area contributed by atoms with E-state index in [1.54, 1.807) is 6.07 Å². The molecule has 0 heterocycles. The number of hydrogen-bond donors (Lipinski definition) is 2. The predicted octanol–water partition coefficient (Wildman–Crippen LogP) is 3.60. The Bertz CT molecular complexity index is 564. The molecule has 5 nitrogen and oxygen atoms in total. The van der Waals surface area contributed by atoms with Crippen LogP contribution >= 0.6 is 15.9 Å². The third-order valence-corrected chi connectivity index (χ3v) is 4.19. The van der Waals surface area contributed by atoms with Gasteiger partial charge in [-0.3, -0.25) is 9.59 Å². The molecule has 118 valence electrons. The Kier molecular flexibility index (Phi) is 6.58. The van der Waals surface area contributed by atoms with Gasteiger partial charge in [0, 0.05) is 23.0 Å². The summed E-state index contributed by atoms with van der Waals surface area (Å²) in [4.78, 5) is 23.5. The maximum Gasteiger partial charge on any atom is 0.240 e. The molecular formula is C16H20BrN3O2. The van der Waals surface area contributed by atoms with Crippen molar-refractivity contribution in [2.75, 3.05) is 5.32 Å². The van der Waals surface area contributed by atoms with E-state index >= 15 is 0 Å². The van der Waals surface area contributed by atoms with Crippen molar-refractivity contribution in [1.29, 1.82) is 0 Å². The van der Waals surface area contributed by atoms with Crippen LogP contribution in [0.5, 0.6) is 0 Å². The van der Waals surface area contributed by atoms with Gasteiger partial charge in [0.05, 0.1) is 5.69 Å². The van der Waals surface area contributed by atoms with Gasteiger partial charge < -0.3 is 5.32 Å². The lowest BCUT2D eigenvalue weighted by atomic mass is 9.99. The SMILES string of the molecule is O=C(CCC(=O)Nc1ccccc1Br)NN=C1CCCCC1. The van der Waals surface area contributed by atoms with E-state index in [4.69, 9.17) is 0 Å². The molecule has 0 bridgehead atoms. The quantitative estimate of drug-likeness (QED) is 0.782. The molecule has 2 rings (SSSR count). The number of carbonyl (C=O) groups is 2. The maximum atomic E-state index is 11.8. The largest absolute Gasteiger partial charge is 0.325 e. The van der Waals surface area contributed by atoms with Crippen LogP contribution in [0.1, 0.15) is 44.9 Å². The highest BCUT2D eigenvalue weighted by molar-refractivity contribution is 9.10. The summed E-state index contributed by atoms with van der Waals surface area (Å²) >= 11 is 3.36. The highest BCUT2D eigenvalue weighted by Crippen LogP contribution is 2.21. The summed E-state index contributed by atoms with van der Waals surface area (Å²) in [6, 6.07) is 7.37. The molecule has 1 saturated carbocycles. The zero-order valence-corrected chi connectivity index (χ0v) is 14.0. The average molecular weight is 366 g/mol. The van der Waals surface area contributed by atoms with E-state index in [0.717, 1.165) is 35.9 Å². The van der Waals surface area contributed by atoms with Gasteiger partial charge in [0.15, 0.2) is 0 Å². The van der Waals surface area contributed by atoms with Gasteiger partial charge in [-0.05, 0) is 53.7 Å². The second-order valence-corrected chi connectivity index (χ2v) is 6.16. The van der Waals surface area contributed by atoms with E-state index in [2.05, 4.69) is 31.8 Å². The van der Waals surface area contributed by atoms with E-state index in [1.165, 1.54) is 6.42 Å². The molecule has 6 heteroatoms. The first-order valence-electron chi connectivity index (χ1n) is 7.54. The number of rotatable bonds is 5. The number of nitrogens with zero attached hydrogens (tertiary/aromatic N) is 1. The van der Waals surface area contributed by atoms with Crippen LogP contribution < -0.4 is 10.7 Å². The smallest absolute Gasteiger partial charge is 0.240 e. The molecule has 0 saturated heterocycles. The van der Waals surface area contributed by atoms with Crippen LogP contribution in [0.15, 0.2) is 33.8 Å². The summed E-state index contributed by atoms with van der Waals surface area (Å²) in [6.45, 7) is 0. The van der Waals surface area contributed by atoms with E-state index in [-0.39, 0.29) is 24.7 Å². The summed E-state index contributed by atoms with van der Waals surface area (Å²) in [7, 11) is 0. The molecule has 1 aliphatic rings. The summed E-state index contributed by atoms with van der Waals surface area (Å²) in [5.41, 5.74) is 4.30. The molecule has 2 amide bonds. The minimum absolute atomic E-state index is 0.132. The van der Waals surface area contributed by atoms with Gasteiger partial charge in [0.2, 0.25) is 11.8 Å². The number of anilines is 1. The Balaban J connectivity index is 1.71. The summed E-state index contributed by atoms with van der Waals surface area (Å²) in [5.74, 6) is -0.410. The van der Waals surface area contributed by atoms with Crippen molar-refractivity contribution in [2.24, 2.45) is 5.10 Å². The standard InChI is InChI=1S/C16H20BrN3O2/c17-13-8-4-5-9-14(13)18-15(21)10-11-16(22)20-19-12-6-2-1-3-7-12/h4-5,8-9H,1-3,6-7,10-11H2,(H,18,21)(H,20,22). The molecular weight excluding hydrogens is 346 g/mol. The fourth-order valence-electron chi connectivity index (χ4n) is 2.27. The minimum Gasteiger partial charge on any atom is -0.325 e. The number of carbonyl (C=O) groups excluding carboxylic acids is 2. The Morgan fingerprint density at radius 3 is 2.45 bits per heavy atom. The van der Waals surface area contributed by atoms with Crippen LogP contribution in [0, 0.1) is 0 Å². The van der Waals surface area contributed by atoms with Crippen molar-refractivity contribution in [3.8, 4) is 0 Å². The normalized spacial score (nSPS) is 14.3. The molecule has 0 radical (unpaired) electrons. The Morgan fingerprint density at radius 2 is 1.73 bits per heavy atom. The Morgan fingerprint density at radius 1 is 1.05 bits per heavy atom. The molecule has 0 spiro atoms. The summed E-state index contributed by atoms with van der Waals surface area (Å²) < 4.78 is 0.816. The van der Waals surface area contributed by atoms with Crippen molar-refractivity contribution in [1.82, 2.24) is 5.43 Å². The van der Waals surface area contributed by atoms with Gasteiger partial charge in [0.25, 0.3) is 0 Å². The van der Waals surface area contributed by atoms with Gasteiger partial charge >= 0.3 is 0 Å². The van der Waals surface area contributed by atoms with Crippen molar-refractivity contribution in [3.63, 3.8) is 0 Å². The molecule has 1 aromatic rings. The van der Waals surface area contributed by atoms with Gasteiger partial charge in [-0.25, -0.2) is 5.43 Å². The fraction of sp³-hybridized carbons (Fsp3) is 0.438. The second kappa shape index (κ2) is 8.68. The molecule has 1 fully saturated rings. The van der Waals surface area contributed by atoms with Gasteiger partial charge in [-0.15, -0.1) is 0 Å². The van der Waals surface area contributed by atoms with Crippen molar-refractivity contribution < 1.29 is 9.59 Å². The second-order valence-electron chi connectivity index (χ2n) is 5.30. The Hall–Kier alpha value is -1.69. The first-order valence-corrected chi connectivity index (χ1v) is 8.33. The lowest BCUT2D eigenvalue weighted by Crippen LogP contribution is -2.22. The third kappa shape index (κ3) is 5.60. The topological polar surface area (TPSA) is 70.6 Å². The number of para-hydroxylation sites is 1. The highest BCUT2D eigenvalue weighted by atomic mass is 79.9. The summed E-state index contributed by atoms with van der Waals surface area (Å²) in [5, 5.41) is 6.91. The zero-order chi connectivity index (χ0) is 15.8. The zero-order valence-electron chi connectivity index (χ0n) is 12.4. The lowest BCUT2D eigenvalue weighted by molar-refractivity contribution is -0.124. The number of nitrogens with one attached hydrogen (secondary N) is 2. The third-order valence-electron chi connectivity index (χ3n) is 3.50. The van der Waals surface area contributed by atoms with Crippen LogP contribution in [0.25, 0.3) is 0 Å². The van der Waals surface area contributed by atoms with Crippen LogP contribution in [0.2, 0.25) is 0 Å². The minimum atomic E-state index is -0.222. The van der Waals surface area contributed by atoms with E-state index < -0.39 is 0 Å². The van der Waals surface area contributed by atoms with Gasteiger partial charge in [0.1, 0.15) is 0 Å². The number of amides is 2. The lowest BCUT2D eigenvalue weighted by Gasteiger charge is -2.12. The molecule has 22 heavy (non-hydrogen) atoms. The first kappa shape index (κ1) is 16.7. The summed E-state index contributed by atoms with van der Waals surface area (Å²) in [6.07, 6.45) is 5.71. The molecule has 1 aromatic carbocycles. The molecule has 1 aliphatic carbocycles. The van der Waals surface area contributed by atoms with E-state index in [9.17, 15) is 9.59 Å². The first-order chi connectivity index (χ1) is 10.6. The van der Waals surface area contributed by atoms with Gasteiger partial charge in [-0.2, -0.15) is 5.10 Å². The number of hydrogen-bond acceptors (Lipinski definition) is 3. The number of halogens is 1. The van der Waals surface area contributed by atoms with E-state index in [1.807, 2.05) is 18.2 Å². The number of hydrazone groups is 1. The molecule has 0 aromatic heterocycles. The molecule has 2 N–H and O–H groups in total. The van der Waals surface area contributed by atoms with E-state index in [0.29, 0.717) is 5.69 Å². The van der Waals surface area contributed by atoms with Crippen molar-refractivity contribution in [2.45, 2.75) is 44.9 Å². The van der Waals surface area contributed by atoms with Gasteiger partial charge in [-0.1, -0.05) is 18.6 Å². The van der Waals surface area contributed by atoms with Crippen molar-refractivity contribution >= 4 is 39.1 Å². The van der Waals surface area contributed by atoms with Crippen LogP contribution in [0.3, 0.4) is 0 Å². The number of benzene rings is 1. The van der Waals surface area contributed by atoms with Crippen molar-refractivity contribution in [3.05, 3.63) is 28.7 Å². The van der Waals surface area contributed by atoms with Crippen LogP contribution in [-0.4, -0.2) is 17.5 Å². The highest BCUT2D eigenvalue weighted by Gasteiger charge is 2.10. The average Bonchev–Trinajstić information content (AvgIpc) is 2.54. The monoisotopic (exact) mass is 365 g/mol.